The fraction of sp³-hybridized carbons (Fsp3) is 0.368. The lowest BCUT2D eigenvalue weighted by Gasteiger charge is -2.17. The molecular weight excluding hydrogens is 320 g/mol. The van der Waals surface area contributed by atoms with Gasteiger partial charge in [-0.15, -0.1) is 0 Å². The average molecular weight is 342 g/mol. The number of rotatable bonds is 8. The molecule has 1 aromatic carbocycles. The minimum atomic E-state index is -0.380. The summed E-state index contributed by atoms with van der Waals surface area (Å²) in [6.07, 6.45) is 2.10. The number of nitrogens with one attached hydrogen (secondary N) is 1. The summed E-state index contributed by atoms with van der Waals surface area (Å²) in [5.74, 6) is 0.677. The number of hydrogen-bond acceptors (Lipinski definition) is 5. The zero-order chi connectivity index (χ0) is 18.2. The number of amides is 1. The lowest BCUT2D eigenvalue weighted by molar-refractivity contribution is 0.0877. The quantitative estimate of drug-likeness (QED) is 0.769. The smallest absolute Gasteiger partial charge is 0.287 e. The number of nitriles is 1. The van der Waals surface area contributed by atoms with Gasteiger partial charge in [-0.3, -0.25) is 4.79 Å². The summed E-state index contributed by atoms with van der Waals surface area (Å²) in [7, 11) is 0. The first kappa shape index (κ1) is 18.6. The molecule has 0 saturated carbocycles. The molecule has 1 heterocycles. The first-order valence-corrected chi connectivity index (χ1v) is 8.14. The summed E-state index contributed by atoms with van der Waals surface area (Å²) in [5, 5.41) is 21.1. The van der Waals surface area contributed by atoms with Gasteiger partial charge in [0.25, 0.3) is 5.91 Å². The third-order valence-electron chi connectivity index (χ3n) is 3.62. The number of furan rings is 1. The Balaban J connectivity index is 2.01. The summed E-state index contributed by atoms with van der Waals surface area (Å²) in [6.45, 7) is 4.06. The highest BCUT2D eigenvalue weighted by atomic mass is 16.5. The Morgan fingerprint density at radius 3 is 2.88 bits per heavy atom. The van der Waals surface area contributed by atoms with Gasteiger partial charge in [-0.05, 0) is 36.6 Å². The van der Waals surface area contributed by atoms with Crippen molar-refractivity contribution in [3.05, 3.63) is 53.5 Å². The molecule has 0 saturated heterocycles. The molecule has 0 bridgehead atoms. The summed E-state index contributed by atoms with van der Waals surface area (Å²) >= 11 is 0. The molecule has 0 radical (unpaired) electrons. The molecule has 0 aliphatic carbocycles. The first-order chi connectivity index (χ1) is 12.0. The number of carbonyl (C=O) groups is 1. The number of carbonyl (C=O) groups excluding carboxylic acids is 1. The Hall–Kier alpha value is -2.78. The maximum absolute atomic E-state index is 12.4. The van der Waals surface area contributed by atoms with Crippen molar-refractivity contribution >= 4 is 5.91 Å². The molecular formula is C19H22N2O4. The van der Waals surface area contributed by atoms with Crippen molar-refractivity contribution < 1.29 is 19.1 Å². The van der Waals surface area contributed by atoms with Gasteiger partial charge in [0.05, 0.1) is 30.5 Å². The van der Waals surface area contributed by atoms with E-state index >= 15 is 0 Å². The van der Waals surface area contributed by atoms with Gasteiger partial charge in [0, 0.05) is 5.56 Å². The van der Waals surface area contributed by atoms with Crippen LogP contribution in [0, 0.1) is 17.2 Å². The molecule has 6 heteroatoms. The van der Waals surface area contributed by atoms with Gasteiger partial charge >= 0.3 is 0 Å². The second-order valence-corrected chi connectivity index (χ2v) is 6.19. The topological polar surface area (TPSA) is 95.5 Å². The van der Waals surface area contributed by atoms with Gasteiger partial charge in [0.2, 0.25) is 0 Å². The number of benzene rings is 1. The number of nitrogens with zero attached hydrogens (tertiary/aromatic N) is 1. The highest BCUT2D eigenvalue weighted by Gasteiger charge is 2.20. The van der Waals surface area contributed by atoms with Crippen LogP contribution in [0.15, 0.2) is 41.0 Å². The highest BCUT2D eigenvalue weighted by molar-refractivity contribution is 5.93. The minimum absolute atomic E-state index is 0.128. The van der Waals surface area contributed by atoms with E-state index < -0.39 is 0 Å². The van der Waals surface area contributed by atoms with Crippen molar-refractivity contribution in [1.29, 1.82) is 5.26 Å². The first-order valence-electron chi connectivity index (χ1n) is 8.14. The predicted octanol–water partition coefficient (Wildman–Crippen LogP) is 2.87. The zero-order valence-corrected chi connectivity index (χ0v) is 14.4. The van der Waals surface area contributed by atoms with Crippen LogP contribution < -0.4 is 10.1 Å². The van der Waals surface area contributed by atoms with Crippen molar-refractivity contribution in [1.82, 2.24) is 5.32 Å². The molecule has 1 aromatic heterocycles. The molecule has 2 aromatic rings. The molecule has 6 nitrogen and oxygen atoms in total. The Morgan fingerprint density at radius 2 is 2.20 bits per heavy atom. The summed E-state index contributed by atoms with van der Waals surface area (Å²) < 4.78 is 10.9. The van der Waals surface area contributed by atoms with Crippen LogP contribution in [-0.4, -0.2) is 23.7 Å². The Morgan fingerprint density at radius 1 is 1.40 bits per heavy atom. The lowest BCUT2D eigenvalue weighted by atomic mass is 10.0. The van der Waals surface area contributed by atoms with E-state index in [1.807, 2.05) is 19.9 Å². The highest BCUT2D eigenvalue weighted by Crippen LogP contribution is 2.18. The lowest BCUT2D eigenvalue weighted by Crippen LogP contribution is -2.38. The van der Waals surface area contributed by atoms with E-state index in [2.05, 4.69) is 5.32 Å². The molecule has 0 aliphatic heterocycles. The van der Waals surface area contributed by atoms with E-state index in [4.69, 9.17) is 14.4 Å². The molecule has 2 N–H and O–H groups in total. The van der Waals surface area contributed by atoms with Crippen LogP contribution >= 0.6 is 0 Å². The Kier molecular flexibility index (Phi) is 6.61. The fourth-order valence-electron chi connectivity index (χ4n) is 2.46. The van der Waals surface area contributed by atoms with Gasteiger partial charge in [-0.2, -0.15) is 5.26 Å². The van der Waals surface area contributed by atoms with E-state index in [0.29, 0.717) is 29.2 Å². The second kappa shape index (κ2) is 8.90. The van der Waals surface area contributed by atoms with Gasteiger partial charge in [0.15, 0.2) is 5.76 Å². The average Bonchev–Trinajstić information content (AvgIpc) is 3.07. The molecule has 1 atom stereocenters. The van der Waals surface area contributed by atoms with Gasteiger partial charge in [-0.1, -0.05) is 19.9 Å². The van der Waals surface area contributed by atoms with Crippen LogP contribution in [0.3, 0.4) is 0 Å². The van der Waals surface area contributed by atoms with Crippen LogP contribution in [0.5, 0.6) is 5.75 Å². The largest absolute Gasteiger partial charge is 0.489 e. The van der Waals surface area contributed by atoms with E-state index in [1.165, 1.54) is 6.26 Å². The number of hydrogen-bond donors (Lipinski definition) is 2. The molecule has 1 amide bonds. The number of aliphatic hydroxyl groups is 1. The summed E-state index contributed by atoms with van der Waals surface area (Å²) in [5.41, 5.74) is 1.10. The normalized spacial score (nSPS) is 11.8. The van der Waals surface area contributed by atoms with Crippen LogP contribution in [0.1, 0.15) is 41.9 Å². The SMILES string of the molecule is CC(C)CC(CO)NC(=O)c1occc1COc1cccc(C#N)c1. The van der Waals surface area contributed by atoms with Crippen molar-refractivity contribution in [3.8, 4) is 11.8 Å². The van der Waals surface area contributed by atoms with Crippen molar-refractivity contribution in [2.45, 2.75) is 32.9 Å². The van der Waals surface area contributed by atoms with E-state index in [0.717, 1.165) is 0 Å². The third-order valence-corrected chi connectivity index (χ3v) is 3.62. The van der Waals surface area contributed by atoms with E-state index in [-0.39, 0.29) is 30.9 Å². The monoisotopic (exact) mass is 342 g/mol. The molecule has 0 aliphatic rings. The standard InChI is InChI=1S/C19H22N2O4/c1-13(2)8-16(11-22)21-19(23)18-15(6-7-24-18)12-25-17-5-3-4-14(9-17)10-20/h3-7,9,13,16,22H,8,11-12H2,1-2H3,(H,21,23). The van der Waals surface area contributed by atoms with Gasteiger partial charge < -0.3 is 19.6 Å². The van der Waals surface area contributed by atoms with E-state index in [1.54, 1.807) is 30.3 Å². The van der Waals surface area contributed by atoms with Crippen LogP contribution in [0.4, 0.5) is 0 Å². The third kappa shape index (κ3) is 5.37. The van der Waals surface area contributed by atoms with Gasteiger partial charge in [-0.25, -0.2) is 0 Å². The number of aliphatic hydroxyl groups excluding tert-OH is 1. The number of ether oxygens (including phenoxy) is 1. The predicted molar refractivity (Wildman–Crippen MR) is 92.0 cm³/mol. The molecule has 25 heavy (non-hydrogen) atoms. The van der Waals surface area contributed by atoms with Crippen LogP contribution in [0.25, 0.3) is 0 Å². The maximum Gasteiger partial charge on any atom is 0.287 e. The Bertz CT molecular complexity index is 746. The maximum atomic E-state index is 12.4. The molecule has 0 fully saturated rings. The summed E-state index contributed by atoms with van der Waals surface area (Å²) in [4.78, 5) is 12.4. The van der Waals surface area contributed by atoms with Crippen LogP contribution in [-0.2, 0) is 6.61 Å². The second-order valence-electron chi connectivity index (χ2n) is 6.19. The Labute approximate surface area is 147 Å². The molecule has 2 rings (SSSR count). The molecule has 0 spiro atoms. The fourth-order valence-corrected chi connectivity index (χ4v) is 2.46. The van der Waals surface area contributed by atoms with Crippen molar-refractivity contribution in [3.63, 3.8) is 0 Å². The van der Waals surface area contributed by atoms with Crippen molar-refractivity contribution in [2.75, 3.05) is 6.61 Å². The minimum Gasteiger partial charge on any atom is -0.489 e. The zero-order valence-electron chi connectivity index (χ0n) is 14.4. The summed E-state index contributed by atoms with van der Waals surface area (Å²) in [6, 6.07) is 10.2. The van der Waals surface area contributed by atoms with E-state index in [9.17, 15) is 9.90 Å². The van der Waals surface area contributed by atoms with Crippen LogP contribution in [0.2, 0.25) is 0 Å². The molecule has 1 unspecified atom stereocenters. The van der Waals surface area contributed by atoms with Crippen molar-refractivity contribution in [2.24, 2.45) is 5.92 Å². The molecule has 132 valence electrons. The van der Waals surface area contributed by atoms with Gasteiger partial charge in [0.1, 0.15) is 12.4 Å².